The molecule has 1 atom stereocenters. The second-order valence-electron chi connectivity index (χ2n) is 7.43. The van der Waals surface area contributed by atoms with Crippen LogP contribution in [0, 0.1) is 6.92 Å². The summed E-state index contributed by atoms with van der Waals surface area (Å²) < 4.78 is 5.17. The summed E-state index contributed by atoms with van der Waals surface area (Å²) in [5, 5.41) is 12.9. The van der Waals surface area contributed by atoms with Crippen LogP contribution in [0.15, 0.2) is 48.5 Å². The number of nitrogens with one attached hydrogen (secondary N) is 1. The maximum atomic E-state index is 13.1. The van der Waals surface area contributed by atoms with E-state index in [1.165, 1.54) is 11.3 Å². The SMILES string of the molecule is COc1ccc(C(=O)N2CCCC[C@H]2C(=O)Nc2cccc(-c3nnc(C)s3)c2)cc1. The van der Waals surface area contributed by atoms with Crippen LogP contribution >= 0.6 is 11.3 Å². The lowest BCUT2D eigenvalue weighted by Gasteiger charge is -2.34. The lowest BCUT2D eigenvalue weighted by atomic mass is 9.99. The van der Waals surface area contributed by atoms with Crippen LogP contribution in [-0.2, 0) is 4.79 Å². The van der Waals surface area contributed by atoms with Gasteiger partial charge in [-0.15, -0.1) is 10.2 Å². The quantitative estimate of drug-likeness (QED) is 0.649. The molecule has 3 aromatic rings. The van der Waals surface area contributed by atoms with E-state index in [1.54, 1.807) is 36.3 Å². The number of methoxy groups -OCH3 is 1. The van der Waals surface area contributed by atoms with E-state index < -0.39 is 6.04 Å². The second-order valence-corrected chi connectivity index (χ2v) is 8.62. The number of amides is 2. The Morgan fingerprint density at radius 2 is 1.94 bits per heavy atom. The molecule has 0 aliphatic carbocycles. The summed E-state index contributed by atoms with van der Waals surface area (Å²) in [6, 6.07) is 14.0. The number of benzene rings is 2. The predicted molar refractivity (Wildman–Crippen MR) is 120 cm³/mol. The van der Waals surface area contributed by atoms with Gasteiger partial charge >= 0.3 is 0 Å². The Kier molecular flexibility index (Phi) is 6.27. The van der Waals surface area contributed by atoms with Crippen LogP contribution in [0.3, 0.4) is 0 Å². The number of hydrogen-bond acceptors (Lipinski definition) is 6. The van der Waals surface area contributed by atoms with Crippen LogP contribution in [0.1, 0.15) is 34.6 Å². The molecule has 0 saturated carbocycles. The molecule has 0 radical (unpaired) electrons. The van der Waals surface area contributed by atoms with E-state index in [0.29, 0.717) is 30.0 Å². The van der Waals surface area contributed by atoms with Gasteiger partial charge in [-0.05, 0) is 62.6 Å². The number of carbonyl (C=O) groups excluding carboxylic acids is 2. The Bertz CT molecular complexity index is 1080. The van der Waals surface area contributed by atoms with Crippen LogP contribution in [-0.4, -0.2) is 46.6 Å². The molecule has 4 rings (SSSR count). The summed E-state index contributed by atoms with van der Waals surface area (Å²) in [6.45, 7) is 2.47. The fourth-order valence-corrected chi connectivity index (χ4v) is 4.40. The van der Waals surface area contributed by atoms with Crippen molar-refractivity contribution in [2.24, 2.45) is 0 Å². The van der Waals surface area contributed by atoms with Gasteiger partial charge in [-0.3, -0.25) is 9.59 Å². The Morgan fingerprint density at radius 1 is 1.13 bits per heavy atom. The highest BCUT2D eigenvalue weighted by Crippen LogP contribution is 2.27. The molecule has 2 aromatic carbocycles. The average Bonchev–Trinajstić information content (AvgIpc) is 3.25. The average molecular weight is 437 g/mol. The van der Waals surface area contributed by atoms with E-state index in [-0.39, 0.29) is 11.8 Å². The van der Waals surface area contributed by atoms with E-state index in [0.717, 1.165) is 28.4 Å². The fourth-order valence-electron chi connectivity index (χ4n) is 3.72. The molecular weight excluding hydrogens is 412 g/mol. The van der Waals surface area contributed by atoms with Gasteiger partial charge in [0.2, 0.25) is 5.91 Å². The molecule has 1 N–H and O–H groups in total. The molecule has 1 fully saturated rings. The third kappa shape index (κ3) is 4.74. The Morgan fingerprint density at radius 3 is 2.65 bits per heavy atom. The maximum absolute atomic E-state index is 13.1. The van der Waals surface area contributed by atoms with Crippen LogP contribution in [0.25, 0.3) is 10.6 Å². The van der Waals surface area contributed by atoms with E-state index in [1.807, 2.05) is 31.2 Å². The number of aromatic nitrogens is 2. The van der Waals surface area contributed by atoms with Crippen LogP contribution in [0.5, 0.6) is 5.75 Å². The number of nitrogens with zero attached hydrogens (tertiary/aromatic N) is 3. The first-order valence-electron chi connectivity index (χ1n) is 10.2. The highest BCUT2D eigenvalue weighted by Gasteiger charge is 2.32. The summed E-state index contributed by atoms with van der Waals surface area (Å²) in [5.74, 6) is 0.378. The summed E-state index contributed by atoms with van der Waals surface area (Å²) in [6.07, 6.45) is 2.44. The smallest absolute Gasteiger partial charge is 0.254 e. The minimum absolute atomic E-state index is 0.138. The zero-order valence-corrected chi connectivity index (χ0v) is 18.3. The fraction of sp³-hybridized carbons (Fsp3) is 0.304. The van der Waals surface area contributed by atoms with Crippen LogP contribution in [0.4, 0.5) is 5.69 Å². The van der Waals surface area contributed by atoms with Gasteiger partial charge in [-0.2, -0.15) is 0 Å². The van der Waals surface area contributed by atoms with Gasteiger partial charge in [0.25, 0.3) is 5.91 Å². The van der Waals surface area contributed by atoms with Crippen molar-refractivity contribution in [2.75, 3.05) is 19.0 Å². The van der Waals surface area contributed by atoms with Crippen molar-refractivity contribution >= 4 is 28.8 Å². The highest BCUT2D eigenvalue weighted by atomic mass is 32.1. The number of rotatable bonds is 5. The minimum Gasteiger partial charge on any atom is -0.497 e. The van der Waals surface area contributed by atoms with Crippen molar-refractivity contribution in [3.05, 3.63) is 59.1 Å². The first-order chi connectivity index (χ1) is 15.0. The Balaban J connectivity index is 1.50. The number of ether oxygens (including phenoxy) is 1. The van der Waals surface area contributed by atoms with Crippen molar-refractivity contribution in [1.29, 1.82) is 0 Å². The number of aryl methyl sites for hydroxylation is 1. The van der Waals surface area contributed by atoms with Gasteiger partial charge in [0, 0.05) is 23.4 Å². The molecule has 160 valence electrons. The summed E-state index contributed by atoms with van der Waals surface area (Å²) in [7, 11) is 1.59. The zero-order chi connectivity index (χ0) is 21.8. The van der Waals surface area contributed by atoms with Crippen molar-refractivity contribution in [3.63, 3.8) is 0 Å². The molecular formula is C23H24N4O3S. The van der Waals surface area contributed by atoms with Gasteiger partial charge < -0.3 is 15.0 Å². The third-order valence-electron chi connectivity index (χ3n) is 5.31. The van der Waals surface area contributed by atoms with E-state index in [2.05, 4.69) is 15.5 Å². The van der Waals surface area contributed by atoms with Crippen molar-refractivity contribution in [1.82, 2.24) is 15.1 Å². The van der Waals surface area contributed by atoms with Crippen LogP contribution in [0.2, 0.25) is 0 Å². The van der Waals surface area contributed by atoms with Gasteiger partial charge in [-0.25, -0.2) is 0 Å². The maximum Gasteiger partial charge on any atom is 0.254 e. The number of likely N-dealkylation sites (tertiary alicyclic amines) is 1. The van der Waals surface area contributed by atoms with Gasteiger partial charge in [0.15, 0.2) is 0 Å². The lowest BCUT2D eigenvalue weighted by Crippen LogP contribution is -2.50. The molecule has 31 heavy (non-hydrogen) atoms. The first-order valence-corrected chi connectivity index (χ1v) is 11.0. The van der Waals surface area contributed by atoms with Crippen molar-refractivity contribution in [2.45, 2.75) is 32.2 Å². The number of carbonyl (C=O) groups is 2. The van der Waals surface area contributed by atoms with Gasteiger partial charge in [-0.1, -0.05) is 23.5 Å². The molecule has 1 saturated heterocycles. The first kappa shape index (κ1) is 21.0. The minimum atomic E-state index is -0.504. The molecule has 8 heteroatoms. The largest absolute Gasteiger partial charge is 0.497 e. The lowest BCUT2D eigenvalue weighted by molar-refractivity contribution is -0.121. The third-order valence-corrected chi connectivity index (χ3v) is 6.19. The Labute approximate surface area is 185 Å². The standard InChI is InChI=1S/C23H24N4O3S/c1-15-25-26-22(31-15)17-6-5-7-18(14-17)24-21(28)20-8-3-4-13-27(20)23(29)16-9-11-19(30-2)12-10-16/h5-7,9-12,14,20H,3-4,8,13H2,1-2H3,(H,24,28)/t20-/m0/s1. The molecule has 1 aliphatic rings. The van der Waals surface area contributed by atoms with Gasteiger partial charge in [0.05, 0.1) is 7.11 Å². The molecule has 1 aliphatic heterocycles. The molecule has 2 heterocycles. The molecule has 7 nitrogen and oxygen atoms in total. The number of piperidine rings is 1. The predicted octanol–water partition coefficient (Wildman–Crippen LogP) is 4.16. The molecule has 0 spiro atoms. The highest BCUT2D eigenvalue weighted by molar-refractivity contribution is 7.14. The normalized spacial score (nSPS) is 16.1. The van der Waals surface area contributed by atoms with Crippen molar-refractivity contribution in [3.8, 4) is 16.3 Å². The number of anilines is 1. The molecule has 0 bridgehead atoms. The van der Waals surface area contributed by atoms with Crippen molar-refractivity contribution < 1.29 is 14.3 Å². The van der Waals surface area contributed by atoms with E-state index in [9.17, 15) is 9.59 Å². The van der Waals surface area contributed by atoms with E-state index in [4.69, 9.17) is 4.74 Å². The zero-order valence-electron chi connectivity index (χ0n) is 17.5. The summed E-state index contributed by atoms with van der Waals surface area (Å²) in [4.78, 5) is 27.9. The Hall–Kier alpha value is -3.26. The van der Waals surface area contributed by atoms with E-state index >= 15 is 0 Å². The second kappa shape index (κ2) is 9.26. The monoisotopic (exact) mass is 436 g/mol. The van der Waals surface area contributed by atoms with Crippen LogP contribution < -0.4 is 10.1 Å². The topological polar surface area (TPSA) is 84.4 Å². The van der Waals surface area contributed by atoms with Gasteiger partial charge in [0.1, 0.15) is 21.8 Å². The number of hydrogen-bond donors (Lipinski definition) is 1. The molecule has 1 aromatic heterocycles. The summed E-state index contributed by atoms with van der Waals surface area (Å²) >= 11 is 1.50. The molecule has 2 amide bonds. The summed E-state index contributed by atoms with van der Waals surface area (Å²) in [5.41, 5.74) is 2.13. The molecule has 0 unspecified atom stereocenters.